The molecule has 3 nitrogen and oxygen atoms in total. The second-order valence-electron chi connectivity index (χ2n) is 3.10. The molecule has 0 saturated heterocycles. The van der Waals surface area contributed by atoms with Crippen LogP contribution in [0, 0.1) is 11.6 Å². The van der Waals surface area contributed by atoms with E-state index in [1.165, 1.54) is 0 Å². The molecule has 0 aliphatic carbocycles. The van der Waals surface area contributed by atoms with Gasteiger partial charge in [0.25, 0.3) is 0 Å². The highest BCUT2D eigenvalue weighted by Gasteiger charge is 2.40. The van der Waals surface area contributed by atoms with E-state index in [-0.39, 0.29) is 0 Å². The molecule has 0 aromatic carbocycles. The summed E-state index contributed by atoms with van der Waals surface area (Å²) in [5.74, 6) is -8.37. The van der Waals surface area contributed by atoms with E-state index in [0.717, 1.165) is 0 Å². The van der Waals surface area contributed by atoms with Crippen LogP contribution in [0.15, 0.2) is 6.07 Å². The van der Waals surface area contributed by atoms with Crippen molar-refractivity contribution in [1.29, 1.82) is 0 Å². The predicted octanol–water partition coefficient (Wildman–Crippen LogP) is 2.25. The number of rotatable bonds is 4. The molecule has 0 amide bonds. The van der Waals surface area contributed by atoms with Crippen LogP contribution in [0.5, 0.6) is 0 Å². The van der Waals surface area contributed by atoms with Crippen LogP contribution < -0.4 is 11.1 Å². The van der Waals surface area contributed by atoms with Gasteiger partial charge in [0, 0.05) is 6.07 Å². The van der Waals surface area contributed by atoms with Crippen LogP contribution in [-0.2, 0) is 0 Å². The molecule has 0 radical (unpaired) electrons. The molecule has 3 N–H and O–H groups in total. The normalized spacial score (nSPS) is 11.9. The first kappa shape index (κ1) is 13.4. The fourth-order valence-corrected chi connectivity index (χ4v) is 0.884. The monoisotopic (exact) mass is 259 g/mol. The Balaban J connectivity index is 2.80. The molecule has 0 bridgehead atoms. The minimum atomic E-state index is -4.35. The van der Waals surface area contributed by atoms with Gasteiger partial charge in [0.15, 0.2) is 23.3 Å². The van der Waals surface area contributed by atoms with E-state index >= 15 is 0 Å². The Morgan fingerprint density at radius 3 is 2.41 bits per heavy atom. The number of hydrogen-bond acceptors (Lipinski definition) is 3. The van der Waals surface area contributed by atoms with Crippen molar-refractivity contribution >= 4 is 11.6 Å². The third kappa shape index (κ3) is 3.14. The van der Waals surface area contributed by atoms with E-state index in [0.29, 0.717) is 6.07 Å². The summed E-state index contributed by atoms with van der Waals surface area (Å²) in [5.41, 5.74) is 4.96. The highest BCUT2D eigenvalue weighted by atomic mass is 19.3. The summed E-state index contributed by atoms with van der Waals surface area (Å²) in [6.45, 7) is -1.54. The number of anilines is 2. The highest BCUT2D eigenvalue weighted by Crippen LogP contribution is 2.24. The Bertz CT molecular complexity index is 408. The zero-order chi connectivity index (χ0) is 13.2. The standard InChI is InChI=1S/C8H7F6N3/c9-3-1-4(10)6(17-5(3)15)16-2-8(13,14)7(11)12/h1,7H,2H2,(H3,15,16,17). The van der Waals surface area contributed by atoms with Gasteiger partial charge in [0.2, 0.25) is 0 Å². The molecular weight excluding hydrogens is 252 g/mol. The molecule has 0 aliphatic rings. The number of alkyl halides is 4. The predicted molar refractivity (Wildman–Crippen MR) is 48.0 cm³/mol. The zero-order valence-corrected chi connectivity index (χ0v) is 8.15. The van der Waals surface area contributed by atoms with E-state index in [2.05, 4.69) is 4.98 Å². The number of nitrogens with one attached hydrogen (secondary N) is 1. The maximum atomic E-state index is 13.0. The minimum Gasteiger partial charge on any atom is -0.381 e. The summed E-state index contributed by atoms with van der Waals surface area (Å²) in [7, 11) is 0. The summed E-state index contributed by atoms with van der Waals surface area (Å²) >= 11 is 0. The van der Waals surface area contributed by atoms with Crippen molar-refractivity contribution in [1.82, 2.24) is 4.98 Å². The average Bonchev–Trinajstić information content (AvgIpc) is 2.21. The number of pyridine rings is 1. The van der Waals surface area contributed by atoms with Crippen LogP contribution in [0.3, 0.4) is 0 Å². The number of aromatic nitrogens is 1. The van der Waals surface area contributed by atoms with E-state index in [1.807, 2.05) is 0 Å². The number of nitrogens with two attached hydrogens (primary N) is 1. The topological polar surface area (TPSA) is 50.9 Å². The lowest BCUT2D eigenvalue weighted by molar-refractivity contribution is -0.117. The molecule has 0 spiro atoms. The van der Waals surface area contributed by atoms with Crippen LogP contribution in [0.4, 0.5) is 38.0 Å². The first-order chi connectivity index (χ1) is 7.74. The van der Waals surface area contributed by atoms with Gasteiger partial charge < -0.3 is 11.1 Å². The van der Waals surface area contributed by atoms with Gasteiger partial charge in [0.1, 0.15) is 0 Å². The maximum Gasteiger partial charge on any atom is 0.324 e. The van der Waals surface area contributed by atoms with Gasteiger partial charge in [-0.3, -0.25) is 0 Å². The molecule has 1 aromatic rings. The van der Waals surface area contributed by atoms with E-state index < -0.39 is 42.2 Å². The molecule has 1 aromatic heterocycles. The summed E-state index contributed by atoms with van der Waals surface area (Å²) in [6, 6.07) is 0.311. The summed E-state index contributed by atoms with van der Waals surface area (Å²) in [5, 5.41) is 1.64. The average molecular weight is 259 g/mol. The fourth-order valence-electron chi connectivity index (χ4n) is 0.884. The zero-order valence-electron chi connectivity index (χ0n) is 8.15. The highest BCUT2D eigenvalue weighted by molar-refractivity contribution is 5.45. The van der Waals surface area contributed by atoms with Gasteiger partial charge in [-0.05, 0) is 0 Å². The van der Waals surface area contributed by atoms with Crippen molar-refractivity contribution in [3.05, 3.63) is 17.7 Å². The van der Waals surface area contributed by atoms with Gasteiger partial charge in [0.05, 0.1) is 6.54 Å². The molecule has 96 valence electrons. The minimum absolute atomic E-state index is 0.311. The molecule has 9 heteroatoms. The third-order valence-electron chi connectivity index (χ3n) is 1.77. The van der Waals surface area contributed by atoms with E-state index in [9.17, 15) is 26.3 Å². The summed E-state index contributed by atoms with van der Waals surface area (Å²) < 4.78 is 74.1. The van der Waals surface area contributed by atoms with Gasteiger partial charge in [-0.2, -0.15) is 8.78 Å². The smallest absolute Gasteiger partial charge is 0.324 e. The third-order valence-corrected chi connectivity index (χ3v) is 1.77. The van der Waals surface area contributed by atoms with Crippen LogP contribution in [0.2, 0.25) is 0 Å². The quantitative estimate of drug-likeness (QED) is 0.815. The number of nitrogen functional groups attached to an aromatic ring is 1. The first-order valence-corrected chi connectivity index (χ1v) is 4.25. The lowest BCUT2D eigenvalue weighted by Gasteiger charge is -2.16. The van der Waals surface area contributed by atoms with Crippen molar-refractivity contribution in [2.75, 3.05) is 17.6 Å². The Kier molecular flexibility index (Phi) is 3.69. The maximum absolute atomic E-state index is 13.0. The Hall–Kier alpha value is -1.67. The molecule has 1 heterocycles. The van der Waals surface area contributed by atoms with Crippen molar-refractivity contribution in [2.45, 2.75) is 12.3 Å². The van der Waals surface area contributed by atoms with Crippen LogP contribution >= 0.6 is 0 Å². The summed E-state index contributed by atoms with van der Waals surface area (Å²) in [6.07, 6.45) is -3.91. The molecule has 0 unspecified atom stereocenters. The second kappa shape index (κ2) is 4.68. The van der Waals surface area contributed by atoms with Crippen LogP contribution in [-0.4, -0.2) is 23.9 Å². The van der Waals surface area contributed by atoms with E-state index in [1.54, 1.807) is 5.32 Å². The van der Waals surface area contributed by atoms with Crippen molar-refractivity contribution < 1.29 is 26.3 Å². The Morgan fingerprint density at radius 2 is 1.88 bits per heavy atom. The van der Waals surface area contributed by atoms with Crippen molar-refractivity contribution in [3.63, 3.8) is 0 Å². The van der Waals surface area contributed by atoms with Crippen LogP contribution in [0.1, 0.15) is 0 Å². The number of hydrogen-bond donors (Lipinski definition) is 2. The van der Waals surface area contributed by atoms with Crippen molar-refractivity contribution in [3.8, 4) is 0 Å². The first-order valence-electron chi connectivity index (χ1n) is 4.25. The number of halogens is 6. The van der Waals surface area contributed by atoms with Gasteiger partial charge in [-0.1, -0.05) is 0 Å². The molecule has 0 atom stereocenters. The van der Waals surface area contributed by atoms with Gasteiger partial charge in [-0.15, -0.1) is 0 Å². The largest absolute Gasteiger partial charge is 0.381 e. The lowest BCUT2D eigenvalue weighted by Crippen LogP contribution is -2.35. The Labute approximate surface area is 91.6 Å². The lowest BCUT2D eigenvalue weighted by atomic mass is 10.3. The SMILES string of the molecule is Nc1nc(NCC(F)(F)C(F)F)c(F)cc1F. The van der Waals surface area contributed by atoms with Gasteiger partial charge >= 0.3 is 12.3 Å². The molecular formula is C8H7F6N3. The molecule has 1 rings (SSSR count). The fraction of sp³-hybridized carbons (Fsp3) is 0.375. The second-order valence-corrected chi connectivity index (χ2v) is 3.10. The van der Waals surface area contributed by atoms with Crippen LogP contribution in [0.25, 0.3) is 0 Å². The van der Waals surface area contributed by atoms with Crippen molar-refractivity contribution in [2.24, 2.45) is 0 Å². The summed E-state index contributed by atoms with van der Waals surface area (Å²) in [4.78, 5) is 3.07. The molecule has 17 heavy (non-hydrogen) atoms. The number of nitrogens with zero attached hydrogens (tertiary/aromatic N) is 1. The molecule has 0 fully saturated rings. The molecule has 0 saturated carbocycles. The van der Waals surface area contributed by atoms with Gasteiger partial charge in [-0.25, -0.2) is 22.5 Å². The molecule has 0 aliphatic heterocycles. The van der Waals surface area contributed by atoms with E-state index in [4.69, 9.17) is 5.73 Å². The Morgan fingerprint density at radius 1 is 1.29 bits per heavy atom.